The summed E-state index contributed by atoms with van der Waals surface area (Å²) in [4.78, 5) is 24.0. The molecule has 0 radical (unpaired) electrons. The average molecular weight is 476 g/mol. The highest BCUT2D eigenvalue weighted by Gasteiger charge is 2.44. The summed E-state index contributed by atoms with van der Waals surface area (Å²) in [6.45, 7) is 27.9. The highest BCUT2D eigenvalue weighted by Crippen LogP contribution is 2.39. The monoisotopic (exact) mass is 475 g/mol. The quantitative estimate of drug-likeness (QED) is 0.297. The number of carbonyl (C=O) groups is 2. The third kappa shape index (κ3) is 10.2. The van der Waals surface area contributed by atoms with Gasteiger partial charge in [-0.05, 0) is 63.5 Å². The van der Waals surface area contributed by atoms with Crippen molar-refractivity contribution in [2.45, 2.75) is 123 Å². The summed E-state index contributed by atoms with van der Waals surface area (Å²) < 4.78 is 18.6. The molecule has 0 spiro atoms. The van der Waals surface area contributed by atoms with E-state index in [0.717, 1.165) is 6.29 Å². The molecule has 1 amide bonds. The largest absolute Gasteiger partial charge is 0.444 e. The number of hydrogen-bond donors (Lipinski definition) is 1. The second-order valence-electron chi connectivity index (χ2n) is 12.7. The van der Waals surface area contributed by atoms with Crippen LogP contribution in [0.15, 0.2) is 0 Å². The van der Waals surface area contributed by atoms with Gasteiger partial charge in [0, 0.05) is 6.42 Å². The smallest absolute Gasteiger partial charge is 0.408 e. The van der Waals surface area contributed by atoms with Gasteiger partial charge >= 0.3 is 6.09 Å². The second kappa shape index (κ2) is 10.5. The molecule has 0 aromatic rings. The first-order valence-electron chi connectivity index (χ1n) is 11.3. The van der Waals surface area contributed by atoms with Crippen molar-refractivity contribution >= 4 is 29.0 Å². The molecule has 0 rings (SSSR count). The Balaban J connectivity index is 5.96. The molecule has 0 fully saturated rings. The summed E-state index contributed by atoms with van der Waals surface area (Å²) in [5, 5.41) is 3.09. The van der Waals surface area contributed by atoms with Crippen molar-refractivity contribution in [3.63, 3.8) is 0 Å². The molecule has 0 aliphatic rings. The van der Waals surface area contributed by atoms with E-state index >= 15 is 0 Å². The number of nitrogens with one attached hydrogen (secondary N) is 1. The lowest BCUT2D eigenvalue weighted by Gasteiger charge is -2.44. The SMILES string of the molecule is CC(C)(C)OC(=O)NC(CCC=O)(CO[Si](C)(C)C(C)(C)C)CO[Si](C)(C)C(C)(C)C. The van der Waals surface area contributed by atoms with Crippen molar-refractivity contribution in [2.75, 3.05) is 13.2 Å². The maximum absolute atomic E-state index is 12.8. The van der Waals surface area contributed by atoms with E-state index in [1.807, 2.05) is 20.8 Å². The number of alkyl carbamates (subject to hydrolysis) is 1. The Kier molecular flexibility index (Phi) is 10.2. The van der Waals surface area contributed by atoms with Gasteiger partial charge in [0.25, 0.3) is 0 Å². The molecular formula is C23H49NO5Si2. The average Bonchev–Trinajstić information content (AvgIpc) is 2.52. The van der Waals surface area contributed by atoms with Crippen LogP contribution in [0.5, 0.6) is 0 Å². The minimum Gasteiger partial charge on any atom is -0.444 e. The van der Waals surface area contributed by atoms with E-state index < -0.39 is 33.9 Å². The summed E-state index contributed by atoms with van der Waals surface area (Å²) in [7, 11) is -4.18. The summed E-state index contributed by atoms with van der Waals surface area (Å²) in [5.74, 6) is 0. The van der Waals surface area contributed by atoms with Crippen LogP contribution in [0, 0.1) is 0 Å². The predicted molar refractivity (Wildman–Crippen MR) is 134 cm³/mol. The van der Waals surface area contributed by atoms with Gasteiger partial charge in [-0.1, -0.05) is 41.5 Å². The lowest BCUT2D eigenvalue weighted by atomic mass is 9.96. The van der Waals surface area contributed by atoms with E-state index in [1.165, 1.54) is 0 Å². The lowest BCUT2D eigenvalue weighted by molar-refractivity contribution is -0.108. The zero-order valence-corrected chi connectivity index (χ0v) is 24.4. The zero-order chi connectivity index (χ0) is 24.9. The van der Waals surface area contributed by atoms with E-state index in [2.05, 4.69) is 73.0 Å². The molecule has 0 aromatic carbocycles. The summed E-state index contributed by atoms with van der Waals surface area (Å²) >= 11 is 0. The van der Waals surface area contributed by atoms with Gasteiger partial charge in [-0.15, -0.1) is 0 Å². The van der Waals surface area contributed by atoms with Crippen LogP contribution in [-0.4, -0.2) is 53.4 Å². The topological polar surface area (TPSA) is 73.9 Å². The van der Waals surface area contributed by atoms with E-state index in [9.17, 15) is 9.59 Å². The predicted octanol–water partition coefficient (Wildman–Crippen LogP) is 6.27. The maximum atomic E-state index is 12.8. The van der Waals surface area contributed by atoms with Crippen molar-refractivity contribution in [2.24, 2.45) is 0 Å². The van der Waals surface area contributed by atoms with Crippen LogP contribution in [-0.2, 0) is 18.4 Å². The number of amides is 1. The molecule has 0 saturated carbocycles. The van der Waals surface area contributed by atoms with Gasteiger partial charge in [-0.2, -0.15) is 0 Å². The second-order valence-corrected chi connectivity index (χ2v) is 22.3. The first-order chi connectivity index (χ1) is 13.6. The van der Waals surface area contributed by atoms with Crippen LogP contribution < -0.4 is 5.32 Å². The molecule has 0 aliphatic heterocycles. The van der Waals surface area contributed by atoms with E-state index in [1.54, 1.807) is 0 Å². The van der Waals surface area contributed by atoms with Gasteiger partial charge in [-0.25, -0.2) is 4.79 Å². The van der Waals surface area contributed by atoms with Gasteiger partial charge in [0.05, 0.1) is 18.8 Å². The van der Waals surface area contributed by atoms with Gasteiger partial charge in [0.2, 0.25) is 0 Å². The summed E-state index contributed by atoms with van der Waals surface area (Å²) in [6, 6.07) is 0. The molecule has 0 heterocycles. The van der Waals surface area contributed by atoms with Crippen molar-refractivity contribution in [3.05, 3.63) is 0 Å². The van der Waals surface area contributed by atoms with Crippen LogP contribution in [0.4, 0.5) is 4.79 Å². The Bertz CT molecular complexity index is 569. The molecule has 0 bridgehead atoms. The number of rotatable bonds is 10. The van der Waals surface area contributed by atoms with Gasteiger partial charge in [0.15, 0.2) is 16.6 Å². The molecule has 0 saturated heterocycles. The molecule has 184 valence electrons. The van der Waals surface area contributed by atoms with E-state index in [-0.39, 0.29) is 23.3 Å². The highest BCUT2D eigenvalue weighted by molar-refractivity contribution is 6.74. The zero-order valence-electron chi connectivity index (χ0n) is 22.4. The fourth-order valence-corrected chi connectivity index (χ4v) is 4.39. The minimum absolute atomic E-state index is 0.0234. The van der Waals surface area contributed by atoms with Gasteiger partial charge in [0.1, 0.15) is 11.9 Å². The Morgan fingerprint density at radius 2 is 1.19 bits per heavy atom. The summed E-state index contributed by atoms with van der Waals surface area (Å²) in [5.41, 5.74) is -1.46. The van der Waals surface area contributed by atoms with E-state index in [4.69, 9.17) is 13.6 Å². The molecule has 31 heavy (non-hydrogen) atoms. The van der Waals surface area contributed by atoms with Crippen molar-refractivity contribution in [1.29, 1.82) is 0 Å². The van der Waals surface area contributed by atoms with Crippen LogP contribution in [0.25, 0.3) is 0 Å². The molecule has 6 nitrogen and oxygen atoms in total. The van der Waals surface area contributed by atoms with Crippen molar-refractivity contribution < 1.29 is 23.2 Å². The lowest BCUT2D eigenvalue weighted by Crippen LogP contribution is -2.60. The first-order valence-corrected chi connectivity index (χ1v) is 17.1. The normalized spacial score (nSPS) is 14.4. The molecular weight excluding hydrogens is 426 g/mol. The molecule has 8 heteroatoms. The Morgan fingerprint density at radius 1 is 0.806 bits per heavy atom. The summed E-state index contributed by atoms with van der Waals surface area (Å²) in [6.07, 6.45) is 1.09. The maximum Gasteiger partial charge on any atom is 0.408 e. The molecule has 1 N–H and O–H groups in total. The molecule has 0 unspecified atom stereocenters. The number of ether oxygens (including phenoxy) is 1. The van der Waals surface area contributed by atoms with Crippen LogP contribution in [0.2, 0.25) is 36.3 Å². The van der Waals surface area contributed by atoms with Crippen LogP contribution >= 0.6 is 0 Å². The first kappa shape index (κ1) is 30.3. The molecule has 0 atom stereocenters. The van der Waals surface area contributed by atoms with Crippen molar-refractivity contribution in [1.82, 2.24) is 5.32 Å². The Hall–Kier alpha value is -0.706. The Labute approximate surface area is 193 Å². The van der Waals surface area contributed by atoms with Crippen molar-refractivity contribution in [3.8, 4) is 0 Å². The number of hydrogen-bond acceptors (Lipinski definition) is 5. The number of aldehydes is 1. The Morgan fingerprint density at radius 3 is 1.48 bits per heavy atom. The van der Waals surface area contributed by atoms with Crippen LogP contribution in [0.1, 0.15) is 75.2 Å². The van der Waals surface area contributed by atoms with Gasteiger partial charge < -0.3 is 23.7 Å². The number of carbonyl (C=O) groups excluding carboxylic acids is 2. The molecule has 0 aliphatic carbocycles. The third-order valence-electron chi connectivity index (χ3n) is 6.54. The fourth-order valence-electron chi connectivity index (χ4n) is 2.25. The van der Waals surface area contributed by atoms with E-state index in [0.29, 0.717) is 12.8 Å². The van der Waals surface area contributed by atoms with Gasteiger partial charge in [-0.3, -0.25) is 0 Å². The fraction of sp³-hybridized carbons (Fsp3) is 0.913. The third-order valence-corrected chi connectivity index (χ3v) is 15.5. The minimum atomic E-state index is -2.09. The standard InChI is InChI=1S/C23H49NO5Si2/c1-20(2,3)29-19(26)24-23(15-14-16-25,17-27-30(10,11)21(4,5)6)18-28-31(12,13)22(7,8)9/h16H,14-15,17-18H2,1-13H3,(H,24,26). The van der Waals surface area contributed by atoms with Crippen LogP contribution in [0.3, 0.4) is 0 Å². The highest BCUT2D eigenvalue weighted by atomic mass is 28.4. The molecule has 0 aromatic heterocycles.